The molecule has 0 N–H and O–H groups in total. The second-order valence-corrected chi connectivity index (χ2v) is 6.37. The van der Waals surface area contributed by atoms with Gasteiger partial charge in [-0.15, -0.1) is 0 Å². The second kappa shape index (κ2) is 6.97. The van der Waals surface area contributed by atoms with Crippen molar-refractivity contribution in [1.82, 2.24) is 0 Å². The zero-order chi connectivity index (χ0) is 17.1. The number of benzene rings is 2. The topological polar surface area (TPSA) is 63.7 Å². The van der Waals surface area contributed by atoms with Crippen LogP contribution >= 0.6 is 15.9 Å². The van der Waals surface area contributed by atoms with Gasteiger partial charge in [-0.1, -0.05) is 28.1 Å². The average molecular weight is 388 g/mol. The van der Waals surface area contributed by atoms with Crippen molar-refractivity contribution in [3.63, 3.8) is 0 Å². The van der Waals surface area contributed by atoms with Crippen molar-refractivity contribution in [2.24, 2.45) is 5.92 Å². The van der Waals surface area contributed by atoms with Crippen LogP contribution < -0.4 is 9.64 Å². The molecule has 1 aliphatic rings. The summed E-state index contributed by atoms with van der Waals surface area (Å²) in [7, 11) is 0. The molecule has 2 aromatic carbocycles. The number of rotatable bonds is 4. The van der Waals surface area contributed by atoms with E-state index < -0.39 is 11.9 Å². The van der Waals surface area contributed by atoms with Crippen molar-refractivity contribution in [3.8, 4) is 5.75 Å². The Morgan fingerprint density at radius 1 is 1.17 bits per heavy atom. The van der Waals surface area contributed by atoms with Crippen molar-refractivity contribution in [1.29, 1.82) is 0 Å². The summed E-state index contributed by atoms with van der Waals surface area (Å²) in [6.07, 6.45) is 0.731. The lowest BCUT2D eigenvalue weighted by molar-refractivity contribution is -0.139. The molecule has 1 fully saturated rings. The highest BCUT2D eigenvalue weighted by molar-refractivity contribution is 9.10. The Bertz CT molecular complexity index is 788. The zero-order valence-corrected chi connectivity index (χ0v) is 14.2. The van der Waals surface area contributed by atoms with E-state index in [0.717, 1.165) is 10.2 Å². The molecule has 122 valence electrons. The first-order valence-corrected chi connectivity index (χ1v) is 8.19. The third kappa shape index (κ3) is 3.38. The first-order valence-electron chi connectivity index (χ1n) is 7.40. The van der Waals surface area contributed by atoms with E-state index in [1.165, 1.54) is 0 Å². The summed E-state index contributed by atoms with van der Waals surface area (Å²) >= 11 is 3.35. The highest BCUT2D eigenvalue weighted by Gasteiger charge is 2.36. The molecule has 0 bridgehead atoms. The van der Waals surface area contributed by atoms with Gasteiger partial charge in [-0.2, -0.15) is 0 Å². The molecule has 0 aliphatic carbocycles. The number of anilines is 1. The molecule has 1 heterocycles. The fourth-order valence-corrected chi connectivity index (χ4v) is 2.86. The lowest BCUT2D eigenvalue weighted by Crippen LogP contribution is -2.27. The summed E-state index contributed by atoms with van der Waals surface area (Å²) < 4.78 is 6.23. The van der Waals surface area contributed by atoms with E-state index in [0.29, 0.717) is 11.8 Å². The van der Waals surface area contributed by atoms with E-state index in [2.05, 4.69) is 15.9 Å². The van der Waals surface area contributed by atoms with Gasteiger partial charge in [0.2, 0.25) is 5.91 Å². The molecule has 5 nitrogen and oxygen atoms in total. The van der Waals surface area contributed by atoms with Gasteiger partial charge in [0, 0.05) is 23.1 Å². The number of hydrogen-bond donors (Lipinski definition) is 0. The number of aldehydes is 1. The van der Waals surface area contributed by atoms with Gasteiger partial charge in [0.05, 0.1) is 11.5 Å². The highest BCUT2D eigenvalue weighted by Crippen LogP contribution is 2.28. The number of para-hydroxylation sites is 1. The number of halogens is 1. The number of nitrogens with zero attached hydrogens (tertiary/aromatic N) is 1. The minimum Gasteiger partial charge on any atom is -0.425 e. The Labute approximate surface area is 147 Å². The molecular formula is C18H14BrNO4. The third-order valence-electron chi connectivity index (χ3n) is 3.85. The molecule has 6 heteroatoms. The van der Waals surface area contributed by atoms with Crippen molar-refractivity contribution < 1.29 is 19.1 Å². The van der Waals surface area contributed by atoms with Crippen LogP contribution in [-0.2, 0) is 9.59 Å². The first-order chi connectivity index (χ1) is 11.6. The number of amides is 1. The summed E-state index contributed by atoms with van der Waals surface area (Å²) in [4.78, 5) is 37.1. The molecule has 24 heavy (non-hydrogen) atoms. The molecule has 0 unspecified atom stereocenters. The number of ether oxygens (including phenoxy) is 1. The highest BCUT2D eigenvalue weighted by atomic mass is 79.9. The fourth-order valence-electron chi connectivity index (χ4n) is 2.60. The molecule has 1 saturated heterocycles. The first kappa shape index (κ1) is 16.4. The van der Waals surface area contributed by atoms with Gasteiger partial charge in [-0.3, -0.25) is 14.4 Å². The smallest absolute Gasteiger partial charge is 0.316 e. The van der Waals surface area contributed by atoms with Gasteiger partial charge in [0.1, 0.15) is 5.75 Å². The SMILES string of the molecule is O=Cc1ccccc1OC(=O)[C@@H]1CC(=O)N(c2ccc(Br)cc2)C1. The summed E-state index contributed by atoms with van der Waals surface area (Å²) in [5.41, 5.74) is 1.05. The molecule has 2 aromatic rings. The summed E-state index contributed by atoms with van der Waals surface area (Å²) in [5, 5.41) is 0. The van der Waals surface area contributed by atoms with Crippen LogP contribution in [0.25, 0.3) is 0 Å². The molecule has 1 aliphatic heterocycles. The predicted molar refractivity (Wildman–Crippen MR) is 92.1 cm³/mol. The van der Waals surface area contributed by atoms with Crippen LogP contribution in [0.1, 0.15) is 16.8 Å². The normalized spacial score (nSPS) is 17.0. The lowest BCUT2D eigenvalue weighted by atomic mass is 10.1. The van der Waals surface area contributed by atoms with Gasteiger partial charge in [-0.05, 0) is 36.4 Å². The van der Waals surface area contributed by atoms with E-state index >= 15 is 0 Å². The number of carbonyl (C=O) groups excluding carboxylic acids is 3. The Hall–Kier alpha value is -2.47. The number of hydrogen-bond acceptors (Lipinski definition) is 4. The van der Waals surface area contributed by atoms with Crippen molar-refractivity contribution in [2.75, 3.05) is 11.4 Å². The lowest BCUT2D eigenvalue weighted by Gasteiger charge is -2.16. The summed E-state index contributed by atoms with van der Waals surface area (Å²) in [5.74, 6) is -0.965. The molecule has 0 radical (unpaired) electrons. The summed E-state index contributed by atoms with van der Waals surface area (Å²) in [6.45, 7) is 0.266. The Balaban J connectivity index is 1.72. The maximum absolute atomic E-state index is 12.3. The molecule has 0 aromatic heterocycles. The monoisotopic (exact) mass is 387 g/mol. The molecule has 0 spiro atoms. The number of esters is 1. The van der Waals surface area contributed by atoms with Crippen LogP contribution in [0.2, 0.25) is 0 Å². The van der Waals surface area contributed by atoms with Crippen LogP contribution in [0, 0.1) is 5.92 Å². The number of carbonyl (C=O) groups is 3. The van der Waals surface area contributed by atoms with Crippen LogP contribution in [0.4, 0.5) is 5.69 Å². The van der Waals surface area contributed by atoms with Crippen LogP contribution in [-0.4, -0.2) is 24.7 Å². The molecule has 3 rings (SSSR count). The van der Waals surface area contributed by atoms with E-state index in [-0.39, 0.29) is 24.6 Å². The van der Waals surface area contributed by atoms with Crippen molar-refractivity contribution >= 4 is 39.8 Å². The van der Waals surface area contributed by atoms with Crippen LogP contribution in [0.3, 0.4) is 0 Å². The Morgan fingerprint density at radius 3 is 2.58 bits per heavy atom. The van der Waals surface area contributed by atoms with E-state index in [1.54, 1.807) is 29.2 Å². The second-order valence-electron chi connectivity index (χ2n) is 5.46. The van der Waals surface area contributed by atoms with Gasteiger partial charge in [0.25, 0.3) is 0 Å². The fraction of sp³-hybridized carbons (Fsp3) is 0.167. The largest absolute Gasteiger partial charge is 0.425 e. The van der Waals surface area contributed by atoms with Crippen molar-refractivity contribution in [2.45, 2.75) is 6.42 Å². The quantitative estimate of drug-likeness (QED) is 0.459. The van der Waals surface area contributed by atoms with E-state index in [4.69, 9.17) is 4.74 Å². The molecule has 1 amide bonds. The molecule has 0 saturated carbocycles. The minimum atomic E-state index is -0.555. The van der Waals surface area contributed by atoms with Gasteiger partial charge >= 0.3 is 5.97 Å². The van der Waals surface area contributed by atoms with Crippen LogP contribution in [0.15, 0.2) is 53.0 Å². The predicted octanol–water partition coefficient (Wildman–Crippen LogP) is 3.22. The Kier molecular flexibility index (Phi) is 4.76. The van der Waals surface area contributed by atoms with Gasteiger partial charge in [-0.25, -0.2) is 0 Å². The maximum atomic E-state index is 12.3. The van der Waals surface area contributed by atoms with Gasteiger partial charge < -0.3 is 9.64 Å². The molecular weight excluding hydrogens is 374 g/mol. The average Bonchev–Trinajstić information content (AvgIpc) is 2.98. The third-order valence-corrected chi connectivity index (χ3v) is 4.38. The van der Waals surface area contributed by atoms with E-state index in [9.17, 15) is 14.4 Å². The zero-order valence-electron chi connectivity index (χ0n) is 12.6. The van der Waals surface area contributed by atoms with Crippen molar-refractivity contribution in [3.05, 3.63) is 58.6 Å². The summed E-state index contributed by atoms with van der Waals surface area (Å²) in [6, 6.07) is 13.8. The van der Waals surface area contributed by atoms with E-state index in [1.807, 2.05) is 24.3 Å². The maximum Gasteiger partial charge on any atom is 0.316 e. The van der Waals surface area contributed by atoms with Crippen LogP contribution in [0.5, 0.6) is 5.75 Å². The Morgan fingerprint density at radius 2 is 1.88 bits per heavy atom. The van der Waals surface area contributed by atoms with Gasteiger partial charge in [0.15, 0.2) is 6.29 Å². The standard InChI is InChI=1S/C18H14BrNO4/c19-14-5-7-15(8-6-14)20-10-13(9-17(20)22)18(23)24-16-4-2-1-3-12(16)11-21/h1-8,11,13H,9-10H2/t13-/m1/s1. The molecule has 1 atom stereocenters. The minimum absolute atomic E-state index is 0.0954.